The fourth-order valence-electron chi connectivity index (χ4n) is 3.39. The summed E-state index contributed by atoms with van der Waals surface area (Å²) in [6.45, 7) is 8.11. The van der Waals surface area contributed by atoms with Gasteiger partial charge in [-0.1, -0.05) is 45.0 Å². The molecule has 2 rings (SSSR count). The largest absolute Gasteiger partial charge is 0.314 e. The smallest absolute Gasteiger partial charge is 0.00725 e. The molecule has 1 saturated carbocycles. The molecular weight excluding hydrogens is 230 g/mol. The van der Waals surface area contributed by atoms with Gasteiger partial charge < -0.3 is 5.32 Å². The van der Waals surface area contributed by atoms with Crippen molar-refractivity contribution in [2.75, 3.05) is 6.54 Å². The molecule has 19 heavy (non-hydrogen) atoms. The minimum Gasteiger partial charge on any atom is -0.314 e. The highest BCUT2D eigenvalue weighted by Crippen LogP contribution is 2.40. The van der Waals surface area contributed by atoms with Crippen LogP contribution in [0.25, 0.3) is 0 Å². The van der Waals surface area contributed by atoms with Crippen LogP contribution in [0.15, 0.2) is 24.3 Å². The van der Waals surface area contributed by atoms with Crippen LogP contribution >= 0.6 is 0 Å². The van der Waals surface area contributed by atoms with E-state index in [2.05, 4.69) is 50.4 Å². The second-order valence-electron chi connectivity index (χ2n) is 6.55. The lowest BCUT2D eigenvalue weighted by atomic mass is 9.82. The minimum atomic E-state index is 0.499. The van der Waals surface area contributed by atoms with E-state index in [1.54, 1.807) is 0 Å². The highest BCUT2D eigenvalue weighted by molar-refractivity contribution is 5.23. The molecule has 106 valence electrons. The van der Waals surface area contributed by atoms with Gasteiger partial charge in [0.25, 0.3) is 0 Å². The number of hydrogen-bond donors (Lipinski definition) is 1. The first-order valence-corrected chi connectivity index (χ1v) is 7.96. The molecule has 0 bridgehead atoms. The summed E-state index contributed by atoms with van der Waals surface area (Å²) < 4.78 is 0. The lowest BCUT2D eigenvalue weighted by molar-refractivity contribution is 0.322. The van der Waals surface area contributed by atoms with Crippen LogP contribution in [-0.2, 0) is 12.8 Å². The van der Waals surface area contributed by atoms with Crippen molar-refractivity contribution in [2.24, 2.45) is 5.41 Å². The summed E-state index contributed by atoms with van der Waals surface area (Å²) in [5.74, 6) is 0. The number of aryl methyl sites for hydroxylation is 1. The molecule has 0 amide bonds. The Kier molecular flexibility index (Phi) is 5.04. The van der Waals surface area contributed by atoms with E-state index in [0.29, 0.717) is 5.41 Å². The molecular formula is C18H29N. The van der Waals surface area contributed by atoms with Crippen molar-refractivity contribution >= 4 is 0 Å². The lowest BCUT2D eigenvalue weighted by Crippen LogP contribution is -2.28. The van der Waals surface area contributed by atoms with Crippen molar-refractivity contribution in [1.29, 1.82) is 0 Å². The molecule has 1 aliphatic carbocycles. The summed E-state index contributed by atoms with van der Waals surface area (Å²) in [6, 6.07) is 9.99. The Balaban J connectivity index is 1.90. The Bertz CT molecular complexity index is 381. The molecule has 0 radical (unpaired) electrons. The average Bonchev–Trinajstić information content (AvgIpc) is 2.79. The predicted octanol–water partition coefficient (Wildman–Crippen LogP) is 4.35. The molecule has 1 aliphatic rings. The SMILES string of the molecule is CCCNC1CCC(C)(Cc2ccc(CC)cc2)C1. The number of rotatable bonds is 6. The lowest BCUT2D eigenvalue weighted by Gasteiger charge is -2.24. The molecule has 2 atom stereocenters. The van der Waals surface area contributed by atoms with Gasteiger partial charge in [0.15, 0.2) is 0 Å². The van der Waals surface area contributed by atoms with Crippen molar-refractivity contribution in [1.82, 2.24) is 5.32 Å². The Morgan fingerprint density at radius 3 is 2.47 bits per heavy atom. The van der Waals surface area contributed by atoms with Gasteiger partial charge in [0.1, 0.15) is 0 Å². The van der Waals surface area contributed by atoms with Gasteiger partial charge in [0, 0.05) is 6.04 Å². The van der Waals surface area contributed by atoms with Gasteiger partial charge in [0.2, 0.25) is 0 Å². The average molecular weight is 259 g/mol. The summed E-state index contributed by atoms with van der Waals surface area (Å²) in [5.41, 5.74) is 3.46. The third-order valence-corrected chi connectivity index (χ3v) is 4.58. The van der Waals surface area contributed by atoms with Gasteiger partial charge in [-0.15, -0.1) is 0 Å². The van der Waals surface area contributed by atoms with Crippen molar-refractivity contribution < 1.29 is 0 Å². The molecule has 0 heterocycles. The maximum absolute atomic E-state index is 3.69. The van der Waals surface area contributed by atoms with Gasteiger partial charge in [-0.3, -0.25) is 0 Å². The number of benzene rings is 1. The van der Waals surface area contributed by atoms with Crippen LogP contribution in [0.1, 0.15) is 57.6 Å². The van der Waals surface area contributed by atoms with E-state index in [1.165, 1.54) is 49.8 Å². The second-order valence-corrected chi connectivity index (χ2v) is 6.55. The molecule has 1 heteroatoms. The zero-order chi connectivity index (χ0) is 13.7. The molecule has 2 unspecified atom stereocenters. The first-order chi connectivity index (χ1) is 9.15. The minimum absolute atomic E-state index is 0.499. The van der Waals surface area contributed by atoms with Crippen molar-refractivity contribution in [3.63, 3.8) is 0 Å². The third-order valence-electron chi connectivity index (χ3n) is 4.58. The quantitative estimate of drug-likeness (QED) is 0.801. The molecule has 1 nitrogen and oxygen atoms in total. The van der Waals surface area contributed by atoms with Gasteiger partial charge in [-0.05, 0) is 61.6 Å². The molecule has 0 aliphatic heterocycles. The summed E-state index contributed by atoms with van der Waals surface area (Å²) >= 11 is 0. The van der Waals surface area contributed by atoms with Crippen molar-refractivity contribution in [2.45, 2.75) is 65.3 Å². The molecule has 1 N–H and O–H groups in total. The Morgan fingerprint density at radius 2 is 1.84 bits per heavy atom. The standard InChI is InChI=1S/C18H29N/c1-4-12-19-17-10-11-18(3,14-17)13-16-8-6-15(5-2)7-9-16/h6-9,17,19H,4-5,10-14H2,1-3H3. The first-order valence-electron chi connectivity index (χ1n) is 7.96. The number of nitrogens with one attached hydrogen (secondary N) is 1. The fourth-order valence-corrected chi connectivity index (χ4v) is 3.39. The van der Waals surface area contributed by atoms with Gasteiger partial charge in [0.05, 0.1) is 0 Å². The van der Waals surface area contributed by atoms with E-state index in [1.807, 2.05) is 0 Å². The van der Waals surface area contributed by atoms with E-state index < -0.39 is 0 Å². The van der Waals surface area contributed by atoms with Crippen LogP contribution in [0.3, 0.4) is 0 Å². The Hall–Kier alpha value is -0.820. The van der Waals surface area contributed by atoms with Crippen LogP contribution < -0.4 is 5.32 Å². The molecule has 0 saturated heterocycles. The van der Waals surface area contributed by atoms with Gasteiger partial charge in [-0.2, -0.15) is 0 Å². The number of hydrogen-bond acceptors (Lipinski definition) is 1. The topological polar surface area (TPSA) is 12.0 Å². The predicted molar refractivity (Wildman–Crippen MR) is 83.6 cm³/mol. The summed E-state index contributed by atoms with van der Waals surface area (Å²) in [5, 5.41) is 3.69. The highest BCUT2D eigenvalue weighted by Gasteiger charge is 2.34. The second kappa shape index (κ2) is 6.56. The molecule has 1 fully saturated rings. The molecule has 1 aromatic carbocycles. The first kappa shape index (κ1) is 14.6. The van der Waals surface area contributed by atoms with Crippen LogP contribution in [0.5, 0.6) is 0 Å². The molecule has 0 aromatic heterocycles. The van der Waals surface area contributed by atoms with E-state index in [0.717, 1.165) is 12.5 Å². The normalized spacial score (nSPS) is 26.8. The van der Waals surface area contributed by atoms with Crippen LogP contribution in [0.4, 0.5) is 0 Å². The summed E-state index contributed by atoms with van der Waals surface area (Å²) in [7, 11) is 0. The van der Waals surface area contributed by atoms with E-state index in [4.69, 9.17) is 0 Å². The summed E-state index contributed by atoms with van der Waals surface area (Å²) in [4.78, 5) is 0. The Morgan fingerprint density at radius 1 is 1.16 bits per heavy atom. The van der Waals surface area contributed by atoms with E-state index in [9.17, 15) is 0 Å². The fraction of sp³-hybridized carbons (Fsp3) is 0.667. The van der Waals surface area contributed by atoms with Gasteiger partial charge >= 0.3 is 0 Å². The van der Waals surface area contributed by atoms with E-state index >= 15 is 0 Å². The van der Waals surface area contributed by atoms with E-state index in [-0.39, 0.29) is 0 Å². The van der Waals surface area contributed by atoms with Crippen LogP contribution in [0.2, 0.25) is 0 Å². The Labute approximate surface area is 118 Å². The van der Waals surface area contributed by atoms with Crippen molar-refractivity contribution in [3.05, 3.63) is 35.4 Å². The van der Waals surface area contributed by atoms with Crippen LogP contribution in [-0.4, -0.2) is 12.6 Å². The maximum atomic E-state index is 3.69. The summed E-state index contributed by atoms with van der Waals surface area (Å²) in [6.07, 6.45) is 7.67. The molecule has 1 aromatic rings. The highest BCUT2D eigenvalue weighted by atomic mass is 14.9. The van der Waals surface area contributed by atoms with Gasteiger partial charge in [-0.25, -0.2) is 0 Å². The third kappa shape index (κ3) is 4.07. The molecule has 0 spiro atoms. The van der Waals surface area contributed by atoms with Crippen LogP contribution in [0, 0.1) is 5.41 Å². The zero-order valence-electron chi connectivity index (χ0n) is 12.8. The monoisotopic (exact) mass is 259 g/mol. The maximum Gasteiger partial charge on any atom is 0.00725 e. The van der Waals surface area contributed by atoms with Crippen molar-refractivity contribution in [3.8, 4) is 0 Å². The zero-order valence-corrected chi connectivity index (χ0v) is 12.8.